The van der Waals surface area contributed by atoms with E-state index in [2.05, 4.69) is 9.97 Å². The molecular formula is C11H13N3O2. The van der Waals surface area contributed by atoms with E-state index < -0.39 is 0 Å². The third-order valence-electron chi connectivity index (χ3n) is 2.02. The van der Waals surface area contributed by atoms with Gasteiger partial charge in [0.2, 0.25) is 0 Å². The maximum atomic E-state index is 5.51. The number of hydrogen-bond donors (Lipinski definition) is 1. The first-order valence-corrected chi connectivity index (χ1v) is 4.98. The number of nitrogens with two attached hydrogens (primary N) is 1. The Hall–Kier alpha value is -1.88. The molecule has 2 aromatic rings. The summed E-state index contributed by atoms with van der Waals surface area (Å²) in [5.74, 6) is 0.736. The molecule has 0 saturated heterocycles. The van der Waals surface area contributed by atoms with Crippen LogP contribution >= 0.6 is 0 Å². The van der Waals surface area contributed by atoms with Crippen molar-refractivity contribution in [3.05, 3.63) is 41.6 Å². The van der Waals surface area contributed by atoms with Gasteiger partial charge in [-0.25, -0.2) is 4.98 Å². The van der Waals surface area contributed by atoms with Crippen molar-refractivity contribution in [1.29, 1.82) is 0 Å². The summed E-state index contributed by atoms with van der Waals surface area (Å²) in [6.07, 6.45) is 1.60. The predicted molar refractivity (Wildman–Crippen MR) is 57.7 cm³/mol. The highest BCUT2D eigenvalue weighted by Gasteiger charge is 2.03. The molecular weight excluding hydrogens is 206 g/mol. The fourth-order valence-electron chi connectivity index (χ4n) is 1.30. The van der Waals surface area contributed by atoms with Crippen molar-refractivity contribution in [1.82, 2.24) is 9.97 Å². The van der Waals surface area contributed by atoms with E-state index in [4.69, 9.17) is 14.9 Å². The maximum Gasteiger partial charge on any atom is 0.317 e. The third kappa shape index (κ3) is 2.58. The highest BCUT2D eigenvalue weighted by atomic mass is 16.5. The van der Waals surface area contributed by atoms with Crippen LogP contribution in [0.5, 0.6) is 6.01 Å². The van der Waals surface area contributed by atoms with E-state index in [9.17, 15) is 0 Å². The Kier molecular flexibility index (Phi) is 3.16. The molecule has 16 heavy (non-hydrogen) atoms. The Morgan fingerprint density at radius 2 is 2.31 bits per heavy atom. The predicted octanol–water partition coefficient (Wildman–Crippen LogP) is 1.42. The van der Waals surface area contributed by atoms with Gasteiger partial charge < -0.3 is 14.9 Å². The van der Waals surface area contributed by atoms with Gasteiger partial charge >= 0.3 is 6.01 Å². The fraction of sp³-hybridized carbons (Fsp3) is 0.273. The molecule has 0 unspecified atom stereocenters. The van der Waals surface area contributed by atoms with Crippen LogP contribution in [0.25, 0.3) is 0 Å². The molecule has 5 heteroatoms. The summed E-state index contributed by atoms with van der Waals surface area (Å²) in [5.41, 5.74) is 7.12. The summed E-state index contributed by atoms with van der Waals surface area (Å²) in [7, 11) is 0. The summed E-state index contributed by atoms with van der Waals surface area (Å²) in [5, 5.41) is 0. The Bertz CT molecular complexity index is 454. The molecule has 0 radical (unpaired) electrons. The third-order valence-corrected chi connectivity index (χ3v) is 2.02. The molecule has 0 atom stereocenters. The summed E-state index contributed by atoms with van der Waals surface area (Å²) < 4.78 is 10.5. The molecule has 2 N–H and O–H groups in total. The summed E-state index contributed by atoms with van der Waals surface area (Å²) in [6, 6.07) is 5.80. The molecule has 2 aromatic heterocycles. The van der Waals surface area contributed by atoms with E-state index in [1.165, 1.54) is 0 Å². The van der Waals surface area contributed by atoms with Gasteiger partial charge in [-0.3, -0.25) is 0 Å². The van der Waals surface area contributed by atoms with Crippen LogP contribution in [0, 0.1) is 6.92 Å². The van der Waals surface area contributed by atoms with Crippen LogP contribution in [0.4, 0.5) is 0 Å². The summed E-state index contributed by atoms with van der Waals surface area (Å²) in [6.45, 7) is 2.57. The number of rotatable bonds is 4. The Labute approximate surface area is 93.3 Å². The lowest BCUT2D eigenvalue weighted by atomic mass is 10.3. The van der Waals surface area contributed by atoms with Crippen LogP contribution in [0.1, 0.15) is 17.1 Å². The molecule has 84 valence electrons. The smallest absolute Gasteiger partial charge is 0.317 e. The first-order chi connectivity index (χ1) is 7.78. The molecule has 0 saturated carbocycles. The highest BCUT2D eigenvalue weighted by Crippen LogP contribution is 2.09. The van der Waals surface area contributed by atoms with Gasteiger partial charge in [-0.15, -0.1) is 0 Å². The topological polar surface area (TPSA) is 74.2 Å². The minimum Gasteiger partial charge on any atom is -0.466 e. The Morgan fingerprint density at radius 1 is 1.44 bits per heavy atom. The van der Waals surface area contributed by atoms with Gasteiger partial charge in [-0.1, -0.05) is 0 Å². The zero-order valence-corrected chi connectivity index (χ0v) is 9.01. The van der Waals surface area contributed by atoms with E-state index in [1.54, 1.807) is 12.3 Å². The van der Waals surface area contributed by atoms with E-state index in [1.807, 2.05) is 19.1 Å². The van der Waals surface area contributed by atoms with Gasteiger partial charge in [0.15, 0.2) is 0 Å². The van der Waals surface area contributed by atoms with Crippen LogP contribution in [0.2, 0.25) is 0 Å². The molecule has 0 aliphatic carbocycles. The van der Waals surface area contributed by atoms with Crippen molar-refractivity contribution in [2.45, 2.75) is 20.1 Å². The molecule has 0 fully saturated rings. The molecule has 0 amide bonds. The van der Waals surface area contributed by atoms with E-state index in [-0.39, 0.29) is 0 Å². The standard InChI is InChI=1S/C11H13N3O2/c1-8-5-9(6-12)14-11(13-8)16-7-10-3-2-4-15-10/h2-5H,6-7,12H2,1H3. The van der Waals surface area contributed by atoms with Gasteiger partial charge in [0.1, 0.15) is 12.4 Å². The number of furan rings is 1. The van der Waals surface area contributed by atoms with Crippen LogP contribution in [-0.2, 0) is 13.2 Å². The quantitative estimate of drug-likeness (QED) is 0.841. The van der Waals surface area contributed by atoms with Crippen LogP contribution in [0.3, 0.4) is 0 Å². The molecule has 0 aromatic carbocycles. The molecule has 0 aliphatic rings. The first-order valence-electron chi connectivity index (χ1n) is 4.98. The normalized spacial score (nSPS) is 10.4. The molecule has 5 nitrogen and oxygen atoms in total. The lowest BCUT2D eigenvalue weighted by Gasteiger charge is -2.05. The second kappa shape index (κ2) is 4.76. The Balaban J connectivity index is 2.06. The van der Waals surface area contributed by atoms with E-state index in [0.717, 1.165) is 17.1 Å². The average molecular weight is 219 g/mol. The number of aromatic nitrogens is 2. The number of ether oxygens (including phenoxy) is 1. The summed E-state index contributed by atoms with van der Waals surface area (Å²) in [4.78, 5) is 8.30. The van der Waals surface area contributed by atoms with Crippen molar-refractivity contribution in [3.63, 3.8) is 0 Å². The van der Waals surface area contributed by atoms with Crippen molar-refractivity contribution in [2.24, 2.45) is 5.73 Å². The van der Waals surface area contributed by atoms with E-state index >= 15 is 0 Å². The molecule has 2 rings (SSSR count). The fourth-order valence-corrected chi connectivity index (χ4v) is 1.30. The first kappa shape index (κ1) is 10.6. The second-order valence-electron chi connectivity index (χ2n) is 3.36. The van der Waals surface area contributed by atoms with Crippen LogP contribution < -0.4 is 10.5 Å². The minimum atomic E-state index is 0.320. The highest BCUT2D eigenvalue weighted by molar-refractivity contribution is 5.12. The molecule has 0 bridgehead atoms. The van der Waals surface area contributed by atoms with Gasteiger partial charge in [0.05, 0.1) is 12.0 Å². The SMILES string of the molecule is Cc1cc(CN)nc(OCc2ccco2)n1. The van der Waals surface area contributed by atoms with E-state index in [0.29, 0.717) is 19.2 Å². The average Bonchev–Trinajstić information content (AvgIpc) is 2.78. The van der Waals surface area contributed by atoms with Gasteiger partial charge in [0, 0.05) is 12.2 Å². The zero-order valence-electron chi connectivity index (χ0n) is 9.01. The monoisotopic (exact) mass is 219 g/mol. The summed E-state index contributed by atoms with van der Waals surface area (Å²) >= 11 is 0. The number of nitrogens with zero attached hydrogens (tertiary/aromatic N) is 2. The van der Waals surface area contributed by atoms with Crippen molar-refractivity contribution in [3.8, 4) is 6.01 Å². The number of aryl methyl sites for hydroxylation is 1. The zero-order chi connectivity index (χ0) is 11.4. The largest absolute Gasteiger partial charge is 0.466 e. The van der Waals surface area contributed by atoms with Crippen LogP contribution in [0.15, 0.2) is 28.9 Å². The van der Waals surface area contributed by atoms with Gasteiger partial charge in [-0.05, 0) is 25.1 Å². The van der Waals surface area contributed by atoms with Gasteiger partial charge in [0.25, 0.3) is 0 Å². The van der Waals surface area contributed by atoms with Crippen molar-refractivity contribution in [2.75, 3.05) is 0 Å². The second-order valence-corrected chi connectivity index (χ2v) is 3.36. The number of hydrogen-bond acceptors (Lipinski definition) is 5. The van der Waals surface area contributed by atoms with Gasteiger partial charge in [-0.2, -0.15) is 4.98 Å². The minimum absolute atomic E-state index is 0.320. The molecule has 0 aliphatic heterocycles. The van der Waals surface area contributed by atoms with Crippen molar-refractivity contribution >= 4 is 0 Å². The lowest BCUT2D eigenvalue weighted by molar-refractivity contribution is 0.248. The lowest BCUT2D eigenvalue weighted by Crippen LogP contribution is -2.05. The Morgan fingerprint density at radius 3 is 3.00 bits per heavy atom. The maximum absolute atomic E-state index is 5.51. The van der Waals surface area contributed by atoms with Crippen LogP contribution in [-0.4, -0.2) is 9.97 Å². The van der Waals surface area contributed by atoms with Crippen molar-refractivity contribution < 1.29 is 9.15 Å². The molecule has 2 heterocycles. The molecule has 0 spiro atoms.